The zero-order valence-corrected chi connectivity index (χ0v) is 18.1. The van der Waals surface area contributed by atoms with E-state index in [-0.39, 0.29) is 5.56 Å². The van der Waals surface area contributed by atoms with Crippen molar-refractivity contribution >= 4 is 56.4 Å². The molecule has 142 valence electrons. The fraction of sp³-hybridized carbons (Fsp3) is 0.263. The summed E-state index contributed by atoms with van der Waals surface area (Å²) >= 11 is 10.4. The number of halogens is 1. The van der Waals surface area contributed by atoms with Gasteiger partial charge in [-0.1, -0.05) is 45.5 Å². The van der Waals surface area contributed by atoms with Crippen LogP contribution in [0.2, 0.25) is 4.34 Å². The van der Waals surface area contributed by atoms with Crippen molar-refractivity contribution in [1.29, 1.82) is 0 Å². The largest absolute Gasteiger partial charge is 0.268 e. The maximum Gasteiger partial charge on any atom is 0.267 e. The number of nitrogens with zero attached hydrogens (tertiary/aromatic N) is 4. The second-order valence-electron chi connectivity index (χ2n) is 6.69. The number of hydrogen-bond acceptors (Lipinski definition) is 7. The molecule has 0 spiro atoms. The third-order valence-electron chi connectivity index (χ3n) is 4.85. The summed E-state index contributed by atoms with van der Waals surface area (Å²) in [6, 6.07) is 7.97. The minimum Gasteiger partial charge on any atom is -0.268 e. The van der Waals surface area contributed by atoms with E-state index in [1.54, 1.807) is 15.9 Å². The first-order valence-electron chi connectivity index (χ1n) is 8.85. The van der Waals surface area contributed by atoms with Crippen molar-refractivity contribution < 1.29 is 0 Å². The van der Waals surface area contributed by atoms with Crippen LogP contribution in [0, 0.1) is 6.92 Å². The van der Waals surface area contributed by atoms with Crippen molar-refractivity contribution in [2.45, 2.75) is 37.1 Å². The summed E-state index contributed by atoms with van der Waals surface area (Å²) in [6.45, 7) is 2.03. The minimum atomic E-state index is 0.0123. The van der Waals surface area contributed by atoms with Crippen LogP contribution >= 0.6 is 46.2 Å². The van der Waals surface area contributed by atoms with Crippen LogP contribution < -0.4 is 5.56 Å². The Morgan fingerprint density at radius 3 is 2.82 bits per heavy atom. The van der Waals surface area contributed by atoms with E-state index in [2.05, 4.69) is 9.59 Å². The molecule has 5 rings (SSSR count). The van der Waals surface area contributed by atoms with Crippen molar-refractivity contribution in [2.75, 3.05) is 0 Å². The Morgan fingerprint density at radius 2 is 2.07 bits per heavy atom. The number of rotatable bonds is 4. The van der Waals surface area contributed by atoms with Gasteiger partial charge in [0.1, 0.15) is 14.9 Å². The third kappa shape index (κ3) is 3.08. The van der Waals surface area contributed by atoms with Crippen LogP contribution in [0.3, 0.4) is 0 Å². The number of hydrogen-bond donors (Lipinski definition) is 0. The standard InChI is InChI=1S/C19H15ClN4OS3/c1-10-5-7-11(8-6-10)24-18(25)15-12-3-2-4-14(12)27-17(15)21-19(24)26-9-13-16(20)28-23-22-13/h5-8H,2-4,9H2,1H3. The van der Waals surface area contributed by atoms with Gasteiger partial charge in [0, 0.05) is 22.2 Å². The van der Waals surface area contributed by atoms with E-state index in [1.165, 1.54) is 33.7 Å². The van der Waals surface area contributed by atoms with Crippen LogP contribution in [0.15, 0.2) is 34.2 Å². The predicted octanol–water partition coefficient (Wildman–Crippen LogP) is 5.04. The van der Waals surface area contributed by atoms with E-state index in [0.717, 1.165) is 46.4 Å². The van der Waals surface area contributed by atoms with Gasteiger partial charge in [-0.15, -0.1) is 16.4 Å². The lowest BCUT2D eigenvalue weighted by Gasteiger charge is -2.12. The fourth-order valence-electron chi connectivity index (χ4n) is 3.46. The summed E-state index contributed by atoms with van der Waals surface area (Å²) in [7, 11) is 0. The van der Waals surface area contributed by atoms with Crippen molar-refractivity contribution in [3.8, 4) is 5.69 Å². The number of aromatic nitrogens is 4. The SMILES string of the molecule is Cc1ccc(-n2c(SCc3nnsc3Cl)nc3sc4c(c3c2=O)CCC4)cc1. The molecule has 1 aliphatic carbocycles. The van der Waals surface area contributed by atoms with Gasteiger partial charge in [0.2, 0.25) is 0 Å². The van der Waals surface area contributed by atoms with Gasteiger partial charge >= 0.3 is 0 Å². The number of fused-ring (bicyclic) bond motifs is 3. The number of benzene rings is 1. The number of thioether (sulfide) groups is 1. The average molecular weight is 447 g/mol. The summed E-state index contributed by atoms with van der Waals surface area (Å²) in [5.41, 5.74) is 3.90. The minimum absolute atomic E-state index is 0.0123. The smallest absolute Gasteiger partial charge is 0.267 e. The topological polar surface area (TPSA) is 60.7 Å². The summed E-state index contributed by atoms with van der Waals surface area (Å²) < 4.78 is 6.19. The second kappa shape index (κ2) is 7.26. The van der Waals surface area contributed by atoms with Crippen molar-refractivity contribution in [3.63, 3.8) is 0 Å². The molecule has 3 heterocycles. The Labute approximate surface area is 178 Å². The molecule has 3 aromatic heterocycles. The van der Waals surface area contributed by atoms with E-state index in [9.17, 15) is 4.79 Å². The molecular formula is C19H15ClN4OS3. The zero-order chi connectivity index (χ0) is 19.3. The molecule has 1 aromatic carbocycles. The molecule has 5 nitrogen and oxygen atoms in total. The van der Waals surface area contributed by atoms with Gasteiger partial charge < -0.3 is 0 Å². The molecule has 1 aliphatic rings. The van der Waals surface area contributed by atoms with Crippen LogP contribution in [-0.2, 0) is 18.6 Å². The Bertz CT molecular complexity index is 1240. The highest BCUT2D eigenvalue weighted by Crippen LogP contribution is 2.36. The van der Waals surface area contributed by atoms with Gasteiger partial charge in [0.25, 0.3) is 5.56 Å². The molecule has 0 aliphatic heterocycles. The molecule has 0 amide bonds. The summed E-state index contributed by atoms with van der Waals surface area (Å²) in [4.78, 5) is 20.6. The average Bonchev–Trinajstić information content (AvgIpc) is 3.37. The van der Waals surface area contributed by atoms with E-state index in [0.29, 0.717) is 15.2 Å². The van der Waals surface area contributed by atoms with Crippen molar-refractivity contribution in [2.24, 2.45) is 0 Å². The molecule has 0 unspecified atom stereocenters. The Balaban J connectivity index is 1.68. The molecule has 0 bridgehead atoms. The van der Waals surface area contributed by atoms with Gasteiger partial charge in [-0.05, 0) is 43.9 Å². The first kappa shape index (κ1) is 18.3. The molecule has 9 heteroatoms. The second-order valence-corrected chi connectivity index (χ2v) is 10.1. The lowest BCUT2D eigenvalue weighted by molar-refractivity contribution is 0.819. The molecule has 0 saturated heterocycles. The van der Waals surface area contributed by atoms with Gasteiger partial charge in [0.05, 0.1) is 11.1 Å². The van der Waals surface area contributed by atoms with Gasteiger partial charge in [-0.2, -0.15) is 0 Å². The quantitative estimate of drug-likeness (QED) is 0.324. The van der Waals surface area contributed by atoms with Crippen LogP contribution in [-0.4, -0.2) is 19.1 Å². The van der Waals surface area contributed by atoms with Gasteiger partial charge in [-0.25, -0.2) is 4.98 Å². The van der Waals surface area contributed by atoms with Gasteiger partial charge in [-0.3, -0.25) is 9.36 Å². The van der Waals surface area contributed by atoms with E-state index >= 15 is 0 Å². The molecular weight excluding hydrogens is 432 g/mol. The number of thiophene rings is 1. The van der Waals surface area contributed by atoms with Crippen molar-refractivity contribution in [1.82, 2.24) is 19.1 Å². The van der Waals surface area contributed by atoms with Crippen LogP contribution in [0.4, 0.5) is 0 Å². The van der Waals surface area contributed by atoms with Gasteiger partial charge in [0.15, 0.2) is 5.16 Å². The molecule has 0 atom stereocenters. The van der Waals surface area contributed by atoms with Crippen LogP contribution in [0.25, 0.3) is 15.9 Å². The zero-order valence-electron chi connectivity index (χ0n) is 14.9. The predicted molar refractivity (Wildman–Crippen MR) is 116 cm³/mol. The fourth-order valence-corrected chi connectivity index (χ4v) is 6.51. The Hall–Kier alpha value is -1.74. The first-order valence-corrected chi connectivity index (χ1v) is 11.8. The Morgan fingerprint density at radius 1 is 1.25 bits per heavy atom. The number of aryl methyl sites for hydroxylation is 3. The Kier molecular flexibility index (Phi) is 4.74. The highest BCUT2D eigenvalue weighted by atomic mass is 35.5. The third-order valence-corrected chi connectivity index (χ3v) is 7.97. The maximum atomic E-state index is 13.5. The van der Waals surface area contributed by atoms with Crippen LogP contribution in [0.1, 0.15) is 28.1 Å². The molecule has 0 radical (unpaired) electrons. The lowest BCUT2D eigenvalue weighted by atomic mass is 10.2. The normalized spacial score (nSPS) is 13.4. The maximum absolute atomic E-state index is 13.5. The molecule has 0 fully saturated rings. The van der Waals surface area contributed by atoms with Crippen LogP contribution in [0.5, 0.6) is 0 Å². The van der Waals surface area contributed by atoms with E-state index in [1.807, 2.05) is 31.2 Å². The highest BCUT2D eigenvalue weighted by molar-refractivity contribution is 7.98. The summed E-state index contributed by atoms with van der Waals surface area (Å²) in [5, 5.41) is 5.52. The molecule has 0 N–H and O–H groups in total. The molecule has 28 heavy (non-hydrogen) atoms. The summed E-state index contributed by atoms with van der Waals surface area (Å²) in [6.07, 6.45) is 3.13. The summed E-state index contributed by atoms with van der Waals surface area (Å²) in [5.74, 6) is 0.518. The monoisotopic (exact) mass is 446 g/mol. The first-order chi connectivity index (χ1) is 13.6. The van der Waals surface area contributed by atoms with E-state index in [4.69, 9.17) is 16.6 Å². The molecule has 4 aromatic rings. The molecule has 0 saturated carbocycles. The van der Waals surface area contributed by atoms with E-state index < -0.39 is 0 Å². The lowest BCUT2D eigenvalue weighted by Crippen LogP contribution is -2.21. The highest BCUT2D eigenvalue weighted by Gasteiger charge is 2.24. The van der Waals surface area contributed by atoms with Crippen molar-refractivity contribution in [3.05, 3.63) is 60.7 Å².